The van der Waals surface area contributed by atoms with Gasteiger partial charge in [0.25, 0.3) is 5.91 Å². The van der Waals surface area contributed by atoms with Crippen LogP contribution in [-0.4, -0.2) is 28.1 Å². The molecule has 1 saturated carbocycles. The predicted molar refractivity (Wildman–Crippen MR) is 112 cm³/mol. The van der Waals surface area contributed by atoms with E-state index in [-0.39, 0.29) is 18.4 Å². The second kappa shape index (κ2) is 7.91. The van der Waals surface area contributed by atoms with Gasteiger partial charge in [-0.15, -0.1) is 0 Å². The molecule has 6 heteroatoms. The standard InChI is InChI=1S/C23H24N4O2/c1-15-7-6-8-16(2)22(15)25-21(28)14-24-23(29)20-13-19(17-11-12-17)26-27(20)18-9-4-3-5-10-18/h3-10,13,17H,11-12,14H2,1-2H3,(H,24,29)(H,25,28). The fraction of sp³-hybridized carbons (Fsp3) is 0.261. The van der Waals surface area contributed by atoms with Crippen LogP contribution in [0.1, 0.15) is 46.1 Å². The first-order valence-electron chi connectivity index (χ1n) is 9.82. The number of carbonyl (C=O) groups is 2. The maximum atomic E-state index is 12.8. The van der Waals surface area contributed by atoms with Gasteiger partial charge in [0.1, 0.15) is 5.69 Å². The highest BCUT2D eigenvalue weighted by molar-refractivity contribution is 5.99. The molecule has 0 atom stereocenters. The molecule has 0 saturated heterocycles. The van der Waals surface area contributed by atoms with Crippen LogP contribution < -0.4 is 10.6 Å². The molecule has 6 nitrogen and oxygen atoms in total. The summed E-state index contributed by atoms with van der Waals surface area (Å²) >= 11 is 0. The molecule has 2 amide bonds. The van der Waals surface area contributed by atoms with E-state index in [1.165, 1.54) is 0 Å². The number of nitrogens with zero attached hydrogens (tertiary/aromatic N) is 2. The van der Waals surface area contributed by atoms with Gasteiger partial charge in [0.05, 0.1) is 17.9 Å². The van der Waals surface area contributed by atoms with Crippen LogP contribution in [0.5, 0.6) is 0 Å². The summed E-state index contributed by atoms with van der Waals surface area (Å²) in [5.41, 5.74) is 4.96. The average Bonchev–Trinajstić information content (AvgIpc) is 3.48. The SMILES string of the molecule is Cc1cccc(C)c1NC(=O)CNC(=O)c1cc(C2CC2)nn1-c1ccccc1. The van der Waals surface area contributed by atoms with Crippen LogP contribution in [0.25, 0.3) is 5.69 Å². The molecule has 1 aliphatic rings. The van der Waals surface area contributed by atoms with Gasteiger partial charge in [-0.2, -0.15) is 5.10 Å². The molecule has 0 radical (unpaired) electrons. The van der Waals surface area contributed by atoms with E-state index in [2.05, 4.69) is 15.7 Å². The Labute approximate surface area is 169 Å². The van der Waals surface area contributed by atoms with Crippen molar-refractivity contribution in [2.45, 2.75) is 32.6 Å². The first kappa shape index (κ1) is 18.9. The number of benzene rings is 2. The fourth-order valence-corrected chi connectivity index (χ4v) is 3.35. The van der Waals surface area contributed by atoms with Gasteiger partial charge in [-0.25, -0.2) is 4.68 Å². The zero-order valence-corrected chi connectivity index (χ0v) is 16.6. The van der Waals surface area contributed by atoms with Crippen molar-refractivity contribution < 1.29 is 9.59 Å². The Morgan fingerprint density at radius 1 is 1.03 bits per heavy atom. The molecule has 0 unspecified atom stereocenters. The number of hydrogen-bond donors (Lipinski definition) is 2. The zero-order chi connectivity index (χ0) is 20.4. The molecule has 1 fully saturated rings. The van der Waals surface area contributed by atoms with Crippen molar-refractivity contribution >= 4 is 17.5 Å². The quantitative estimate of drug-likeness (QED) is 0.675. The van der Waals surface area contributed by atoms with E-state index >= 15 is 0 Å². The summed E-state index contributed by atoms with van der Waals surface area (Å²) in [4.78, 5) is 25.2. The molecular weight excluding hydrogens is 364 g/mol. The van der Waals surface area contributed by atoms with E-state index in [0.29, 0.717) is 11.6 Å². The number of carbonyl (C=O) groups excluding carboxylic acids is 2. The monoisotopic (exact) mass is 388 g/mol. The largest absolute Gasteiger partial charge is 0.342 e. The summed E-state index contributed by atoms with van der Waals surface area (Å²) in [5.74, 6) is -0.146. The number of rotatable bonds is 6. The minimum atomic E-state index is -0.315. The third-order valence-corrected chi connectivity index (χ3v) is 5.11. The Bertz CT molecular complexity index is 1030. The molecule has 2 aromatic carbocycles. The van der Waals surface area contributed by atoms with Crippen LogP contribution >= 0.6 is 0 Å². The minimum Gasteiger partial charge on any atom is -0.342 e. The average molecular weight is 388 g/mol. The van der Waals surface area contributed by atoms with Gasteiger partial charge in [0.2, 0.25) is 5.91 Å². The van der Waals surface area contributed by atoms with Crippen LogP contribution in [-0.2, 0) is 4.79 Å². The predicted octanol–water partition coefficient (Wildman–Crippen LogP) is 3.74. The van der Waals surface area contributed by atoms with Gasteiger partial charge in [-0.05, 0) is 56.0 Å². The Hall–Kier alpha value is -3.41. The third-order valence-electron chi connectivity index (χ3n) is 5.11. The van der Waals surface area contributed by atoms with Crippen molar-refractivity contribution in [3.8, 4) is 5.69 Å². The molecule has 0 aliphatic heterocycles. The number of para-hydroxylation sites is 2. The van der Waals surface area contributed by atoms with Gasteiger partial charge >= 0.3 is 0 Å². The summed E-state index contributed by atoms with van der Waals surface area (Å²) < 4.78 is 1.66. The first-order valence-corrected chi connectivity index (χ1v) is 9.82. The molecule has 0 bridgehead atoms. The summed E-state index contributed by atoms with van der Waals surface area (Å²) in [5, 5.41) is 10.3. The normalized spacial score (nSPS) is 13.2. The number of nitrogens with one attached hydrogen (secondary N) is 2. The minimum absolute atomic E-state index is 0.106. The maximum Gasteiger partial charge on any atom is 0.270 e. The van der Waals surface area contributed by atoms with E-state index in [0.717, 1.165) is 41.0 Å². The number of amides is 2. The van der Waals surface area contributed by atoms with Crippen molar-refractivity contribution in [3.05, 3.63) is 77.1 Å². The van der Waals surface area contributed by atoms with Crippen LogP contribution in [0.3, 0.4) is 0 Å². The molecule has 1 aliphatic carbocycles. The molecule has 29 heavy (non-hydrogen) atoms. The molecule has 3 aromatic rings. The Balaban J connectivity index is 1.48. The number of aromatic nitrogens is 2. The lowest BCUT2D eigenvalue weighted by Crippen LogP contribution is -2.34. The van der Waals surface area contributed by atoms with Crippen molar-refractivity contribution in [2.24, 2.45) is 0 Å². The molecule has 0 spiro atoms. The topological polar surface area (TPSA) is 76.0 Å². The number of anilines is 1. The zero-order valence-electron chi connectivity index (χ0n) is 16.6. The van der Waals surface area contributed by atoms with Crippen molar-refractivity contribution in [1.82, 2.24) is 15.1 Å². The van der Waals surface area contributed by atoms with Crippen molar-refractivity contribution in [3.63, 3.8) is 0 Å². The van der Waals surface area contributed by atoms with Crippen LogP contribution in [0.2, 0.25) is 0 Å². The van der Waals surface area contributed by atoms with E-state index in [1.807, 2.05) is 68.4 Å². The highest BCUT2D eigenvalue weighted by Crippen LogP contribution is 2.39. The molecule has 1 heterocycles. The third kappa shape index (κ3) is 4.21. The first-order chi connectivity index (χ1) is 14.0. The Morgan fingerprint density at radius 2 is 1.72 bits per heavy atom. The molecule has 2 N–H and O–H groups in total. The van der Waals surface area contributed by atoms with Crippen molar-refractivity contribution in [2.75, 3.05) is 11.9 Å². The Morgan fingerprint density at radius 3 is 2.38 bits per heavy atom. The second-order valence-corrected chi connectivity index (χ2v) is 7.47. The van der Waals surface area contributed by atoms with Gasteiger partial charge < -0.3 is 10.6 Å². The summed E-state index contributed by atoms with van der Waals surface area (Å²) in [6.45, 7) is 3.78. The lowest BCUT2D eigenvalue weighted by atomic mass is 10.1. The lowest BCUT2D eigenvalue weighted by Gasteiger charge is -2.12. The van der Waals surface area contributed by atoms with Gasteiger partial charge in [-0.1, -0.05) is 36.4 Å². The summed E-state index contributed by atoms with van der Waals surface area (Å²) in [6, 6.07) is 17.2. The van der Waals surface area contributed by atoms with E-state index in [1.54, 1.807) is 4.68 Å². The summed E-state index contributed by atoms with van der Waals surface area (Å²) in [6.07, 6.45) is 2.20. The fourth-order valence-electron chi connectivity index (χ4n) is 3.35. The lowest BCUT2D eigenvalue weighted by molar-refractivity contribution is -0.115. The van der Waals surface area contributed by atoms with Crippen molar-refractivity contribution in [1.29, 1.82) is 0 Å². The second-order valence-electron chi connectivity index (χ2n) is 7.47. The van der Waals surface area contributed by atoms with Gasteiger partial charge in [-0.3, -0.25) is 9.59 Å². The van der Waals surface area contributed by atoms with E-state index in [9.17, 15) is 9.59 Å². The highest BCUT2D eigenvalue weighted by atomic mass is 16.2. The van der Waals surface area contributed by atoms with E-state index < -0.39 is 0 Å². The molecule has 148 valence electrons. The molecule has 1 aromatic heterocycles. The maximum absolute atomic E-state index is 12.8. The highest BCUT2D eigenvalue weighted by Gasteiger charge is 2.29. The summed E-state index contributed by atoms with van der Waals surface area (Å²) in [7, 11) is 0. The van der Waals surface area contributed by atoms with Crippen LogP contribution in [0.15, 0.2) is 54.6 Å². The van der Waals surface area contributed by atoms with Gasteiger partial charge in [0.15, 0.2) is 0 Å². The van der Waals surface area contributed by atoms with E-state index in [4.69, 9.17) is 0 Å². The molecule has 4 rings (SSSR count). The molecular formula is C23H24N4O2. The van der Waals surface area contributed by atoms with Gasteiger partial charge in [0, 0.05) is 11.6 Å². The van der Waals surface area contributed by atoms with Crippen LogP contribution in [0, 0.1) is 13.8 Å². The number of hydrogen-bond acceptors (Lipinski definition) is 3. The van der Waals surface area contributed by atoms with Crippen LogP contribution in [0.4, 0.5) is 5.69 Å². The smallest absolute Gasteiger partial charge is 0.270 e. The Kier molecular flexibility index (Phi) is 5.16. The number of aryl methyl sites for hydroxylation is 2.